The molecule has 1 atom stereocenters. The lowest BCUT2D eigenvalue weighted by atomic mass is 9.78. The Labute approximate surface area is 137 Å². The van der Waals surface area contributed by atoms with Crippen LogP contribution in [-0.2, 0) is 9.59 Å². The van der Waals surface area contributed by atoms with E-state index in [1.165, 1.54) is 5.56 Å². The maximum absolute atomic E-state index is 12.3. The molecule has 4 heteroatoms. The summed E-state index contributed by atoms with van der Waals surface area (Å²) in [6.45, 7) is 3.59. The molecule has 1 aliphatic rings. The van der Waals surface area contributed by atoms with Crippen molar-refractivity contribution in [3.63, 3.8) is 0 Å². The SMILES string of the molecule is C=CCCC(NC(=O)C1CCC(c2ccccc2)CC1)C(=O)O. The first-order valence-electron chi connectivity index (χ1n) is 8.30. The van der Waals surface area contributed by atoms with Crippen molar-refractivity contribution in [2.24, 2.45) is 5.92 Å². The first kappa shape index (κ1) is 17.3. The van der Waals surface area contributed by atoms with E-state index in [-0.39, 0.29) is 11.8 Å². The molecule has 0 radical (unpaired) electrons. The Hall–Kier alpha value is -2.10. The molecule has 2 rings (SSSR count). The second kappa shape index (κ2) is 8.51. The monoisotopic (exact) mass is 315 g/mol. The van der Waals surface area contributed by atoms with Gasteiger partial charge >= 0.3 is 5.97 Å². The number of carbonyl (C=O) groups excluding carboxylic acids is 1. The van der Waals surface area contributed by atoms with Gasteiger partial charge in [0.25, 0.3) is 0 Å². The van der Waals surface area contributed by atoms with Gasteiger partial charge in [-0.15, -0.1) is 6.58 Å². The number of nitrogens with one attached hydrogen (secondary N) is 1. The van der Waals surface area contributed by atoms with Crippen molar-refractivity contribution in [2.45, 2.75) is 50.5 Å². The van der Waals surface area contributed by atoms with E-state index in [9.17, 15) is 14.7 Å². The summed E-state index contributed by atoms with van der Waals surface area (Å²) in [7, 11) is 0. The van der Waals surface area contributed by atoms with Crippen molar-refractivity contribution in [1.82, 2.24) is 5.32 Å². The molecular formula is C19H25NO3. The van der Waals surface area contributed by atoms with Gasteiger partial charge in [0.2, 0.25) is 5.91 Å². The van der Waals surface area contributed by atoms with Crippen LogP contribution < -0.4 is 5.32 Å². The van der Waals surface area contributed by atoms with E-state index in [0.29, 0.717) is 18.8 Å². The standard InChI is InChI=1S/C19H25NO3/c1-2-3-9-17(19(22)23)20-18(21)16-12-10-15(11-13-16)14-7-5-4-6-8-14/h2,4-8,15-17H,1,3,9-13H2,(H,20,21)(H,22,23). The maximum atomic E-state index is 12.3. The van der Waals surface area contributed by atoms with E-state index in [1.807, 2.05) is 18.2 Å². The second-order valence-electron chi connectivity index (χ2n) is 6.22. The van der Waals surface area contributed by atoms with Crippen LogP contribution in [0.4, 0.5) is 0 Å². The third-order valence-corrected chi connectivity index (χ3v) is 4.64. The summed E-state index contributed by atoms with van der Waals surface area (Å²) in [5.41, 5.74) is 1.33. The van der Waals surface area contributed by atoms with Gasteiger partial charge in [-0.25, -0.2) is 4.79 Å². The molecule has 1 aromatic carbocycles. The first-order valence-corrected chi connectivity index (χ1v) is 8.30. The average Bonchev–Trinajstić information content (AvgIpc) is 2.59. The summed E-state index contributed by atoms with van der Waals surface area (Å²) < 4.78 is 0. The van der Waals surface area contributed by atoms with E-state index in [4.69, 9.17) is 0 Å². The zero-order valence-electron chi connectivity index (χ0n) is 13.4. The molecule has 124 valence electrons. The fourth-order valence-corrected chi connectivity index (χ4v) is 3.25. The van der Waals surface area contributed by atoms with E-state index in [2.05, 4.69) is 24.0 Å². The number of amides is 1. The van der Waals surface area contributed by atoms with Crippen molar-refractivity contribution in [2.75, 3.05) is 0 Å². The summed E-state index contributed by atoms with van der Waals surface area (Å²) in [6.07, 6.45) is 6.24. The van der Waals surface area contributed by atoms with Gasteiger partial charge in [0.15, 0.2) is 0 Å². The molecule has 0 aliphatic heterocycles. The zero-order chi connectivity index (χ0) is 16.7. The molecule has 0 aromatic heterocycles. The molecule has 1 saturated carbocycles. The van der Waals surface area contributed by atoms with Crippen molar-refractivity contribution in [1.29, 1.82) is 0 Å². The van der Waals surface area contributed by atoms with Gasteiger partial charge in [0, 0.05) is 5.92 Å². The number of allylic oxidation sites excluding steroid dienone is 1. The summed E-state index contributed by atoms with van der Waals surface area (Å²) >= 11 is 0. The quantitative estimate of drug-likeness (QED) is 0.757. The average molecular weight is 315 g/mol. The highest BCUT2D eigenvalue weighted by atomic mass is 16.4. The Balaban J connectivity index is 1.85. The highest BCUT2D eigenvalue weighted by molar-refractivity contribution is 5.85. The fraction of sp³-hybridized carbons (Fsp3) is 0.474. The van der Waals surface area contributed by atoms with Gasteiger partial charge in [-0.3, -0.25) is 4.79 Å². The molecule has 4 nitrogen and oxygen atoms in total. The Kier molecular flexibility index (Phi) is 6.39. The van der Waals surface area contributed by atoms with Crippen LogP contribution in [-0.4, -0.2) is 23.0 Å². The predicted molar refractivity (Wildman–Crippen MR) is 90.1 cm³/mol. The predicted octanol–water partition coefficient (Wildman–Crippen LogP) is 3.50. The number of rotatable bonds is 7. The zero-order valence-corrected chi connectivity index (χ0v) is 13.4. The second-order valence-corrected chi connectivity index (χ2v) is 6.22. The Morgan fingerprint density at radius 1 is 1.22 bits per heavy atom. The number of carbonyl (C=O) groups is 2. The molecule has 1 aliphatic carbocycles. The van der Waals surface area contributed by atoms with Crippen molar-refractivity contribution in [3.05, 3.63) is 48.6 Å². The molecule has 23 heavy (non-hydrogen) atoms. The lowest BCUT2D eigenvalue weighted by Gasteiger charge is -2.29. The van der Waals surface area contributed by atoms with Crippen LogP contribution in [0.1, 0.15) is 50.0 Å². The topological polar surface area (TPSA) is 66.4 Å². The maximum Gasteiger partial charge on any atom is 0.326 e. The highest BCUT2D eigenvalue weighted by Crippen LogP contribution is 2.35. The molecule has 0 spiro atoms. The molecule has 0 bridgehead atoms. The lowest BCUT2D eigenvalue weighted by molar-refractivity contribution is -0.142. The van der Waals surface area contributed by atoms with Crippen LogP contribution in [0.5, 0.6) is 0 Å². The largest absolute Gasteiger partial charge is 0.480 e. The molecule has 2 N–H and O–H groups in total. The van der Waals surface area contributed by atoms with Crippen LogP contribution in [0.25, 0.3) is 0 Å². The minimum atomic E-state index is -0.974. The Bertz CT molecular complexity index is 533. The normalized spacial score (nSPS) is 22.1. The molecule has 1 fully saturated rings. The highest BCUT2D eigenvalue weighted by Gasteiger charge is 2.29. The lowest BCUT2D eigenvalue weighted by Crippen LogP contribution is -2.44. The van der Waals surface area contributed by atoms with Crippen LogP contribution in [0.15, 0.2) is 43.0 Å². The van der Waals surface area contributed by atoms with Gasteiger partial charge in [0.05, 0.1) is 0 Å². The summed E-state index contributed by atoms with van der Waals surface area (Å²) in [5.74, 6) is -0.650. The van der Waals surface area contributed by atoms with E-state index in [0.717, 1.165) is 25.7 Å². The van der Waals surface area contributed by atoms with E-state index in [1.54, 1.807) is 6.08 Å². The van der Waals surface area contributed by atoms with Crippen LogP contribution >= 0.6 is 0 Å². The van der Waals surface area contributed by atoms with Gasteiger partial charge in [-0.05, 0) is 50.0 Å². The minimum Gasteiger partial charge on any atom is -0.480 e. The van der Waals surface area contributed by atoms with Gasteiger partial charge in [-0.2, -0.15) is 0 Å². The van der Waals surface area contributed by atoms with Crippen molar-refractivity contribution >= 4 is 11.9 Å². The van der Waals surface area contributed by atoms with Crippen LogP contribution in [0.2, 0.25) is 0 Å². The molecule has 1 aromatic rings. The summed E-state index contributed by atoms with van der Waals surface area (Å²) in [6, 6.07) is 9.57. The number of benzene rings is 1. The third kappa shape index (κ3) is 4.95. The van der Waals surface area contributed by atoms with Gasteiger partial charge < -0.3 is 10.4 Å². The molecule has 0 saturated heterocycles. The minimum absolute atomic E-state index is 0.0689. The van der Waals surface area contributed by atoms with Gasteiger partial charge in [0.1, 0.15) is 6.04 Å². The van der Waals surface area contributed by atoms with Crippen molar-refractivity contribution < 1.29 is 14.7 Å². The fourth-order valence-electron chi connectivity index (χ4n) is 3.25. The van der Waals surface area contributed by atoms with Gasteiger partial charge in [-0.1, -0.05) is 36.4 Å². The first-order chi connectivity index (χ1) is 11.1. The van der Waals surface area contributed by atoms with Crippen LogP contribution in [0, 0.1) is 5.92 Å². The third-order valence-electron chi connectivity index (χ3n) is 4.64. The number of hydrogen-bond donors (Lipinski definition) is 2. The van der Waals surface area contributed by atoms with Crippen LogP contribution in [0.3, 0.4) is 0 Å². The summed E-state index contributed by atoms with van der Waals surface area (Å²) in [4.78, 5) is 23.5. The molecule has 1 amide bonds. The molecular weight excluding hydrogens is 290 g/mol. The Morgan fingerprint density at radius 2 is 1.87 bits per heavy atom. The number of aliphatic carboxylic acids is 1. The molecule has 0 heterocycles. The summed E-state index contributed by atoms with van der Waals surface area (Å²) in [5, 5.41) is 11.9. The van der Waals surface area contributed by atoms with Crippen molar-refractivity contribution in [3.8, 4) is 0 Å². The smallest absolute Gasteiger partial charge is 0.326 e. The number of hydrogen-bond acceptors (Lipinski definition) is 2. The number of carboxylic acid groups (broad SMARTS) is 1. The molecule has 1 unspecified atom stereocenters. The van der Waals surface area contributed by atoms with E-state index < -0.39 is 12.0 Å². The number of carboxylic acids is 1. The Morgan fingerprint density at radius 3 is 2.43 bits per heavy atom. The van der Waals surface area contributed by atoms with E-state index >= 15 is 0 Å².